The summed E-state index contributed by atoms with van der Waals surface area (Å²) in [7, 11) is 1.98. The van der Waals surface area contributed by atoms with E-state index in [1.165, 1.54) is 0 Å². The first-order valence-electron chi connectivity index (χ1n) is 3.60. The molecule has 0 aromatic carbocycles. The number of allylic oxidation sites excluding steroid dienone is 2. The van der Waals surface area contributed by atoms with Crippen LogP contribution in [0.3, 0.4) is 0 Å². The van der Waals surface area contributed by atoms with Crippen LogP contribution in [-0.2, 0) is 0 Å². The van der Waals surface area contributed by atoms with Crippen molar-refractivity contribution >= 4 is 0 Å². The minimum atomic E-state index is 0.552. The Morgan fingerprint density at radius 1 is 1.45 bits per heavy atom. The van der Waals surface area contributed by atoms with Gasteiger partial charge in [0.2, 0.25) is 0 Å². The average Bonchev–Trinajstić information content (AvgIpc) is 1.98. The van der Waals surface area contributed by atoms with Crippen LogP contribution in [0.25, 0.3) is 0 Å². The zero-order valence-electron chi connectivity index (χ0n) is 7.30. The van der Waals surface area contributed by atoms with Crippen LogP contribution in [0.1, 0.15) is 6.92 Å². The Kier molecular flexibility index (Phi) is 4.11. The van der Waals surface area contributed by atoms with Gasteiger partial charge in [-0.3, -0.25) is 0 Å². The molecule has 2 N–H and O–H groups in total. The maximum atomic E-state index is 5.34. The topological polar surface area (TPSA) is 29.3 Å². The zero-order chi connectivity index (χ0) is 8.85. The highest BCUT2D eigenvalue weighted by atomic mass is 15.1. The maximum Gasteiger partial charge on any atom is 0.0291 e. The molecule has 0 saturated carbocycles. The van der Waals surface area contributed by atoms with E-state index in [0.29, 0.717) is 5.70 Å². The normalized spacial score (nSPS) is 10.0. The zero-order valence-corrected chi connectivity index (χ0v) is 7.30. The molecule has 0 rings (SSSR count). The van der Waals surface area contributed by atoms with Crippen LogP contribution in [0, 0.1) is 0 Å². The van der Waals surface area contributed by atoms with E-state index in [0.717, 1.165) is 12.2 Å². The smallest absolute Gasteiger partial charge is 0.0291 e. The van der Waals surface area contributed by atoms with Gasteiger partial charge in [-0.15, -0.1) is 0 Å². The molecule has 2 nitrogen and oxygen atoms in total. The van der Waals surface area contributed by atoms with E-state index in [1.807, 2.05) is 18.0 Å². The summed E-state index contributed by atoms with van der Waals surface area (Å²) in [6, 6.07) is 0. The first kappa shape index (κ1) is 9.82. The molecule has 62 valence electrons. The Morgan fingerprint density at radius 2 is 2.00 bits per heavy atom. The molecule has 0 aromatic heterocycles. The van der Waals surface area contributed by atoms with Crippen molar-refractivity contribution in [2.45, 2.75) is 6.92 Å². The van der Waals surface area contributed by atoms with Crippen molar-refractivity contribution in [2.24, 2.45) is 5.73 Å². The number of nitrogens with zero attached hydrogens (tertiary/aromatic N) is 1. The van der Waals surface area contributed by atoms with Crippen LogP contribution in [0.5, 0.6) is 0 Å². The van der Waals surface area contributed by atoms with Crippen molar-refractivity contribution in [2.75, 3.05) is 13.6 Å². The van der Waals surface area contributed by atoms with E-state index < -0.39 is 0 Å². The van der Waals surface area contributed by atoms with Gasteiger partial charge >= 0.3 is 0 Å². The summed E-state index contributed by atoms with van der Waals surface area (Å²) in [5.74, 6) is 0. The van der Waals surface area contributed by atoms with Crippen molar-refractivity contribution in [3.63, 3.8) is 0 Å². The highest BCUT2D eigenvalue weighted by molar-refractivity contribution is 5.21. The Hall–Kier alpha value is -1.18. The molecule has 0 spiro atoms. The highest BCUT2D eigenvalue weighted by Gasteiger charge is 1.92. The number of rotatable bonds is 4. The molecule has 2 heteroatoms. The van der Waals surface area contributed by atoms with Crippen molar-refractivity contribution in [3.8, 4) is 0 Å². The summed E-state index contributed by atoms with van der Waals surface area (Å²) in [6.07, 6.45) is 3.60. The monoisotopic (exact) mass is 152 g/mol. The molecule has 11 heavy (non-hydrogen) atoms. The predicted molar refractivity (Wildman–Crippen MR) is 49.9 cm³/mol. The molecule has 0 radical (unpaired) electrons. The lowest BCUT2D eigenvalue weighted by Gasteiger charge is -2.15. The first-order valence-corrected chi connectivity index (χ1v) is 3.60. The van der Waals surface area contributed by atoms with Crippen molar-refractivity contribution in [3.05, 3.63) is 36.7 Å². The summed E-state index contributed by atoms with van der Waals surface area (Å²) in [5, 5.41) is 0. The Morgan fingerprint density at radius 3 is 2.36 bits per heavy atom. The fourth-order valence-electron chi connectivity index (χ4n) is 0.534. The van der Waals surface area contributed by atoms with Gasteiger partial charge in [0.1, 0.15) is 0 Å². The van der Waals surface area contributed by atoms with E-state index in [2.05, 4.69) is 20.1 Å². The quantitative estimate of drug-likeness (QED) is 0.618. The van der Waals surface area contributed by atoms with Gasteiger partial charge in [-0.25, -0.2) is 0 Å². The number of hydrogen-bond acceptors (Lipinski definition) is 2. The molecule has 0 amide bonds. The molecule has 0 aliphatic heterocycles. The molecule has 0 bridgehead atoms. The van der Waals surface area contributed by atoms with Crippen molar-refractivity contribution in [1.29, 1.82) is 0 Å². The van der Waals surface area contributed by atoms with Crippen molar-refractivity contribution in [1.82, 2.24) is 4.90 Å². The summed E-state index contributed by atoms with van der Waals surface area (Å²) >= 11 is 0. The van der Waals surface area contributed by atoms with E-state index in [4.69, 9.17) is 5.73 Å². The summed E-state index contributed by atoms with van der Waals surface area (Å²) < 4.78 is 0. The van der Waals surface area contributed by atoms with Crippen LogP contribution in [0.2, 0.25) is 0 Å². The fraction of sp³-hybridized carbons (Fsp3) is 0.333. The minimum Gasteiger partial charge on any atom is -0.399 e. The van der Waals surface area contributed by atoms with Gasteiger partial charge in [0.15, 0.2) is 0 Å². The summed E-state index contributed by atoms with van der Waals surface area (Å²) in [6.45, 7) is 10.4. The van der Waals surface area contributed by atoms with Crippen molar-refractivity contribution < 1.29 is 0 Å². The van der Waals surface area contributed by atoms with E-state index in [1.54, 1.807) is 6.08 Å². The van der Waals surface area contributed by atoms with Crippen LogP contribution >= 0.6 is 0 Å². The minimum absolute atomic E-state index is 0.552. The second-order valence-electron chi connectivity index (χ2n) is 2.41. The third-order valence-electron chi connectivity index (χ3n) is 1.45. The molecular weight excluding hydrogens is 136 g/mol. The third kappa shape index (κ3) is 4.25. The summed E-state index contributed by atoms with van der Waals surface area (Å²) in [4.78, 5) is 2.03. The van der Waals surface area contributed by atoms with Crippen LogP contribution in [0.15, 0.2) is 36.7 Å². The lowest BCUT2D eigenvalue weighted by molar-refractivity contribution is 0.458. The van der Waals surface area contributed by atoms with E-state index >= 15 is 0 Å². The second kappa shape index (κ2) is 4.61. The molecule has 0 fully saturated rings. The third-order valence-corrected chi connectivity index (χ3v) is 1.45. The van der Waals surface area contributed by atoms with Gasteiger partial charge in [-0.1, -0.05) is 13.2 Å². The molecule has 0 unspecified atom stereocenters. The number of nitrogens with two attached hydrogens (primary N) is 1. The van der Waals surface area contributed by atoms with Gasteiger partial charge in [-0.05, 0) is 19.1 Å². The van der Waals surface area contributed by atoms with Crippen LogP contribution < -0.4 is 5.73 Å². The molecule has 0 heterocycles. The Labute approximate surface area is 68.7 Å². The van der Waals surface area contributed by atoms with Gasteiger partial charge < -0.3 is 10.6 Å². The molecular formula is C9H16N2. The van der Waals surface area contributed by atoms with Gasteiger partial charge in [0, 0.05) is 25.0 Å². The molecule has 0 atom stereocenters. The molecule has 0 aliphatic carbocycles. The van der Waals surface area contributed by atoms with E-state index in [9.17, 15) is 0 Å². The fourth-order valence-corrected chi connectivity index (χ4v) is 0.534. The SMILES string of the molecule is C=C(N)/C=C\C(=C)N(C)CC. The Bertz CT molecular complexity index is 180. The van der Waals surface area contributed by atoms with Gasteiger partial charge in [0.25, 0.3) is 0 Å². The standard InChI is InChI=1S/C9H16N2/c1-5-11(4)9(3)7-6-8(2)10/h6-7H,2-3,5,10H2,1,4H3/b7-6-. The van der Waals surface area contributed by atoms with Gasteiger partial charge in [0.05, 0.1) is 0 Å². The molecule has 0 aliphatic rings. The highest BCUT2D eigenvalue weighted by Crippen LogP contribution is 1.99. The average molecular weight is 152 g/mol. The lowest BCUT2D eigenvalue weighted by Crippen LogP contribution is -2.14. The predicted octanol–water partition coefficient (Wildman–Crippen LogP) is 1.48. The van der Waals surface area contributed by atoms with E-state index in [-0.39, 0.29) is 0 Å². The number of likely N-dealkylation sites (N-methyl/N-ethyl adjacent to an activating group) is 1. The summed E-state index contributed by atoms with van der Waals surface area (Å²) in [5.41, 5.74) is 6.84. The lowest BCUT2D eigenvalue weighted by atomic mass is 10.3. The molecule has 0 aromatic rings. The largest absolute Gasteiger partial charge is 0.399 e. The first-order chi connectivity index (χ1) is 5.07. The second-order valence-corrected chi connectivity index (χ2v) is 2.41. The maximum absolute atomic E-state index is 5.34. The Balaban J connectivity index is 3.96. The number of hydrogen-bond donors (Lipinski definition) is 1. The van der Waals surface area contributed by atoms with Gasteiger partial charge in [-0.2, -0.15) is 0 Å². The molecule has 0 saturated heterocycles. The van der Waals surface area contributed by atoms with Crippen LogP contribution in [-0.4, -0.2) is 18.5 Å². The van der Waals surface area contributed by atoms with Crippen LogP contribution in [0.4, 0.5) is 0 Å².